The first-order valence-electron chi connectivity index (χ1n) is 6.93. The minimum Gasteiger partial charge on any atom is -0.496 e. The molecule has 110 valence electrons. The highest BCUT2D eigenvalue weighted by molar-refractivity contribution is 7.99. The van der Waals surface area contributed by atoms with E-state index in [-0.39, 0.29) is 5.78 Å². The Balaban J connectivity index is 1.74. The Labute approximate surface area is 133 Å². The molecule has 0 unspecified atom stereocenters. The van der Waals surface area contributed by atoms with Crippen LogP contribution >= 0.6 is 11.8 Å². The van der Waals surface area contributed by atoms with E-state index in [0.29, 0.717) is 17.1 Å². The second-order valence-corrected chi connectivity index (χ2v) is 5.75. The first-order valence-corrected chi connectivity index (χ1v) is 7.91. The third-order valence-corrected chi connectivity index (χ3v) is 4.26. The molecular weight excluding hydrogens is 294 g/mol. The van der Waals surface area contributed by atoms with Crippen LogP contribution in [0.25, 0.3) is 10.9 Å². The van der Waals surface area contributed by atoms with Crippen molar-refractivity contribution in [2.75, 3.05) is 12.9 Å². The number of hydrogen-bond acceptors (Lipinski definition) is 4. The number of fused-ring (bicyclic) bond motifs is 1. The van der Waals surface area contributed by atoms with Crippen LogP contribution in [0.1, 0.15) is 10.4 Å². The Morgan fingerprint density at radius 3 is 2.68 bits per heavy atom. The highest BCUT2D eigenvalue weighted by Gasteiger charge is 2.12. The van der Waals surface area contributed by atoms with Gasteiger partial charge in [0.1, 0.15) is 5.75 Å². The topological polar surface area (TPSA) is 39.2 Å². The van der Waals surface area contributed by atoms with Crippen LogP contribution in [0.2, 0.25) is 0 Å². The Morgan fingerprint density at radius 2 is 1.82 bits per heavy atom. The lowest BCUT2D eigenvalue weighted by atomic mass is 10.1. The first-order chi connectivity index (χ1) is 10.8. The molecule has 0 aliphatic rings. The fourth-order valence-corrected chi connectivity index (χ4v) is 2.98. The van der Waals surface area contributed by atoms with Crippen LogP contribution in [0.5, 0.6) is 5.75 Å². The number of hydrogen-bond donors (Lipinski definition) is 0. The first kappa shape index (κ1) is 14.6. The molecule has 0 saturated carbocycles. The summed E-state index contributed by atoms with van der Waals surface area (Å²) in [6.45, 7) is 0. The van der Waals surface area contributed by atoms with Crippen molar-refractivity contribution in [3.05, 3.63) is 66.2 Å². The number of benzene rings is 2. The fraction of sp³-hybridized carbons (Fsp3) is 0.111. The molecule has 0 aliphatic carbocycles. The van der Waals surface area contributed by atoms with Gasteiger partial charge in [-0.25, -0.2) is 4.98 Å². The minimum absolute atomic E-state index is 0.0393. The predicted octanol–water partition coefficient (Wildman–Crippen LogP) is 4.22. The molecule has 0 fully saturated rings. The summed E-state index contributed by atoms with van der Waals surface area (Å²) in [5.41, 5.74) is 1.55. The normalized spacial score (nSPS) is 10.6. The van der Waals surface area contributed by atoms with E-state index in [1.54, 1.807) is 19.2 Å². The molecule has 0 bridgehead atoms. The fourth-order valence-electron chi connectivity index (χ4n) is 2.22. The van der Waals surface area contributed by atoms with Crippen molar-refractivity contribution in [1.29, 1.82) is 0 Å². The average molecular weight is 309 g/mol. The number of ether oxygens (including phenoxy) is 1. The van der Waals surface area contributed by atoms with Crippen LogP contribution in [0.3, 0.4) is 0 Å². The number of nitrogens with zero attached hydrogens (tertiary/aromatic N) is 1. The number of carbonyl (C=O) groups is 1. The molecule has 0 aliphatic heterocycles. The number of para-hydroxylation sites is 2. The predicted molar refractivity (Wildman–Crippen MR) is 89.8 cm³/mol. The minimum atomic E-state index is 0.0393. The number of rotatable bonds is 5. The molecular formula is C18H15NO2S. The van der Waals surface area contributed by atoms with Gasteiger partial charge >= 0.3 is 0 Å². The van der Waals surface area contributed by atoms with Gasteiger partial charge in [0.2, 0.25) is 0 Å². The number of aromatic nitrogens is 1. The van der Waals surface area contributed by atoms with Crippen molar-refractivity contribution in [2.45, 2.75) is 5.03 Å². The molecule has 4 heteroatoms. The Morgan fingerprint density at radius 1 is 1.05 bits per heavy atom. The van der Waals surface area contributed by atoms with E-state index in [9.17, 15) is 4.79 Å². The smallest absolute Gasteiger partial charge is 0.176 e. The molecule has 0 radical (unpaired) electrons. The molecule has 22 heavy (non-hydrogen) atoms. The van der Waals surface area contributed by atoms with Gasteiger partial charge < -0.3 is 4.74 Å². The average Bonchev–Trinajstić information content (AvgIpc) is 2.59. The lowest BCUT2D eigenvalue weighted by molar-refractivity contribution is 0.101. The molecule has 0 atom stereocenters. The quantitative estimate of drug-likeness (QED) is 0.522. The summed E-state index contributed by atoms with van der Waals surface area (Å²) in [7, 11) is 1.57. The lowest BCUT2D eigenvalue weighted by Gasteiger charge is -2.07. The maximum atomic E-state index is 12.3. The van der Waals surface area contributed by atoms with E-state index in [1.165, 1.54) is 11.8 Å². The number of methoxy groups -OCH3 is 1. The Kier molecular flexibility index (Phi) is 4.39. The SMILES string of the molecule is COc1ccccc1C(=O)CSc1ccc2ccccc2n1. The van der Waals surface area contributed by atoms with Gasteiger partial charge in [0.15, 0.2) is 5.78 Å². The zero-order valence-corrected chi connectivity index (χ0v) is 13.0. The van der Waals surface area contributed by atoms with Gasteiger partial charge in [-0.1, -0.05) is 48.2 Å². The van der Waals surface area contributed by atoms with E-state index in [1.807, 2.05) is 48.5 Å². The van der Waals surface area contributed by atoms with E-state index in [0.717, 1.165) is 15.9 Å². The van der Waals surface area contributed by atoms with Crippen molar-refractivity contribution in [3.63, 3.8) is 0 Å². The van der Waals surface area contributed by atoms with Gasteiger partial charge in [0, 0.05) is 5.39 Å². The zero-order chi connectivity index (χ0) is 15.4. The van der Waals surface area contributed by atoms with E-state index < -0.39 is 0 Å². The van der Waals surface area contributed by atoms with Crippen LogP contribution in [-0.4, -0.2) is 23.6 Å². The molecule has 1 aromatic heterocycles. The summed E-state index contributed by atoms with van der Waals surface area (Å²) >= 11 is 1.44. The molecule has 0 saturated heterocycles. The summed E-state index contributed by atoms with van der Waals surface area (Å²) in [4.78, 5) is 16.9. The summed E-state index contributed by atoms with van der Waals surface area (Å²) < 4.78 is 5.23. The van der Waals surface area contributed by atoms with Crippen LogP contribution in [0, 0.1) is 0 Å². The van der Waals surface area contributed by atoms with Crippen LogP contribution in [-0.2, 0) is 0 Å². The zero-order valence-electron chi connectivity index (χ0n) is 12.2. The summed E-state index contributed by atoms with van der Waals surface area (Å²) in [6, 6.07) is 19.2. The summed E-state index contributed by atoms with van der Waals surface area (Å²) in [5.74, 6) is 0.989. The highest BCUT2D eigenvalue weighted by atomic mass is 32.2. The largest absolute Gasteiger partial charge is 0.496 e. The van der Waals surface area contributed by atoms with E-state index in [2.05, 4.69) is 4.98 Å². The van der Waals surface area contributed by atoms with Crippen molar-refractivity contribution in [1.82, 2.24) is 4.98 Å². The second-order valence-electron chi connectivity index (χ2n) is 4.75. The van der Waals surface area contributed by atoms with E-state index in [4.69, 9.17) is 4.74 Å². The van der Waals surface area contributed by atoms with E-state index >= 15 is 0 Å². The molecule has 2 aromatic carbocycles. The maximum absolute atomic E-state index is 12.3. The molecule has 1 heterocycles. The van der Waals surface area contributed by atoms with Gasteiger partial charge in [0.05, 0.1) is 29.0 Å². The van der Waals surface area contributed by atoms with Gasteiger partial charge in [0.25, 0.3) is 0 Å². The van der Waals surface area contributed by atoms with Crippen molar-refractivity contribution >= 4 is 28.4 Å². The van der Waals surface area contributed by atoms with Crippen molar-refractivity contribution in [2.24, 2.45) is 0 Å². The molecule has 0 amide bonds. The third kappa shape index (κ3) is 3.12. The number of carbonyl (C=O) groups excluding carboxylic acids is 1. The molecule has 3 rings (SSSR count). The van der Waals surface area contributed by atoms with Crippen LogP contribution < -0.4 is 4.74 Å². The highest BCUT2D eigenvalue weighted by Crippen LogP contribution is 2.23. The number of ketones is 1. The maximum Gasteiger partial charge on any atom is 0.176 e. The van der Waals surface area contributed by atoms with Gasteiger partial charge in [-0.05, 0) is 24.3 Å². The third-order valence-electron chi connectivity index (χ3n) is 3.33. The monoisotopic (exact) mass is 309 g/mol. The van der Waals surface area contributed by atoms with Gasteiger partial charge in [-0.3, -0.25) is 4.79 Å². The standard InChI is InChI=1S/C18H15NO2S/c1-21-17-9-5-3-7-14(17)16(20)12-22-18-11-10-13-6-2-4-8-15(13)19-18/h2-11H,12H2,1H3. The number of Topliss-reactive ketones (excluding diaryl/α,β-unsaturated/α-hetero) is 1. The van der Waals surface area contributed by atoms with Crippen molar-refractivity contribution < 1.29 is 9.53 Å². The summed E-state index contributed by atoms with van der Waals surface area (Å²) in [6.07, 6.45) is 0. The van der Waals surface area contributed by atoms with Gasteiger partial charge in [-0.2, -0.15) is 0 Å². The Bertz CT molecular complexity index is 817. The Hall–Kier alpha value is -2.33. The lowest BCUT2D eigenvalue weighted by Crippen LogP contribution is -2.05. The van der Waals surface area contributed by atoms with Gasteiger partial charge in [-0.15, -0.1) is 0 Å². The molecule has 0 N–H and O–H groups in total. The van der Waals surface area contributed by atoms with Crippen LogP contribution in [0.15, 0.2) is 65.7 Å². The van der Waals surface area contributed by atoms with Crippen molar-refractivity contribution in [3.8, 4) is 5.75 Å². The number of pyridine rings is 1. The molecule has 3 aromatic rings. The summed E-state index contributed by atoms with van der Waals surface area (Å²) in [5, 5.41) is 1.95. The van der Waals surface area contributed by atoms with Crippen LogP contribution in [0.4, 0.5) is 0 Å². The molecule has 3 nitrogen and oxygen atoms in total. The second kappa shape index (κ2) is 6.62. The molecule has 0 spiro atoms. The number of thioether (sulfide) groups is 1.